The van der Waals surface area contributed by atoms with Crippen molar-refractivity contribution < 1.29 is 9.53 Å². The van der Waals surface area contributed by atoms with Crippen LogP contribution < -0.4 is 19.9 Å². The van der Waals surface area contributed by atoms with Gasteiger partial charge in [0.1, 0.15) is 0 Å². The number of hydrogen-bond donors (Lipinski definition) is 1. The molecule has 3 heterocycles. The summed E-state index contributed by atoms with van der Waals surface area (Å²) < 4.78 is 5.30. The number of hydrogen-bond acceptors (Lipinski definition) is 7. The average Bonchev–Trinajstić information content (AvgIpc) is 3.18. The van der Waals surface area contributed by atoms with Gasteiger partial charge in [-0.15, -0.1) is 0 Å². The van der Waals surface area contributed by atoms with Gasteiger partial charge in [-0.1, -0.05) is 29.9 Å². The van der Waals surface area contributed by atoms with Crippen molar-refractivity contribution in [2.24, 2.45) is 0 Å². The highest BCUT2D eigenvalue weighted by molar-refractivity contribution is 7.16. The summed E-state index contributed by atoms with van der Waals surface area (Å²) in [6.07, 6.45) is 4.38. The molecule has 0 atom stereocenters. The number of nitrogens with one attached hydrogen (secondary N) is 1. The Morgan fingerprint density at radius 1 is 1.39 bits per heavy atom. The van der Waals surface area contributed by atoms with Crippen LogP contribution in [0.15, 0.2) is 12.3 Å². The van der Waals surface area contributed by atoms with E-state index in [1.54, 1.807) is 29.5 Å². The third-order valence-corrected chi connectivity index (χ3v) is 6.47. The van der Waals surface area contributed by atoms with Gasteiger partial charge in [0.05, 0.1) is 31.2 Å². The number of carbonyl (C=O) groups excluding carboxylic acids is 1. The number of thiazole rings is 1. The van der Waals surface area contributed by atoms with E-state index in [1.165, 1.54) is 4.88 Å². The van der Waals surface area contributed by atoms with Gasteiger partial charge in [0.15, 0.2) is 16.0 Å². The highest BCUT2D eigenvalue weighted by Gasteiger charge is 2.25. The van der Waals surface area contributed by atoms with Crippen LogP contribution in [0.25, 0.3) is 0 Å². The lowest BCUT2D eigenvalue weighted by Gasteiger charge is -2.28. The lowest BCUT2D eigenvalue weighted by atomic mass is 10.1. The van der Waals surface area contributed by atoms with Gasteiger partial charge < -0.3 is 19.9 Å². The third-order valence-electron chi connectivity index (χ3n) is 5.08. The van der Waals surface area contributed by atoms with E-state index in [0.717, 1.165) is 55.4 Å². The van der Waals surface area contributed by atoms with Crippen molar-refractivity contribution in [3.05, 3.63) is 28.0 Å². The molecule has 170 valence electrons. The van der Waals surface area contributed by atoms with Gasteiger partial charge in [-0.05, 0) is 33.5 Å². The van der Waals surface area contributed by atoms with Crippen molar-refractivity contribution in [3.63, 3.8) is 0 Å². The minimum Gasteiger partial charge on any atom is -0.493 e. The molecule has 2 aromatic rings. The number of nitrogens with zero attached hydrogens (tertiary/aromatic N) is 5. The maximum absolute atomic E-state index is 12.8. The second-order valence-corrected chi connectivity index (χ2v) is 9.18. The van der Waals surface area contributed by atoms with E-state index in [9.17, 15) is 4.79 Å². The number of amides is 2. The summed E-state index contributed by atoms with van der Waals surface area (Å²) in [5.74, 6) is 0.565. The molecule has 2 aromatic heterocycles. The summed E-state index contributed by atoms with van der Waals surface area (Å²) in [4.78, 5) is 29.1. The summed E-state index contributed by atoms with van der Waals surface area (Å²) in [6, 6.07) is 1.84. The smallest absolute Gasteiger partial charge is 0.323 e. The highest BCUT2D eigenvalue weighted by atomic mass is 35.5. The summed E-state index contributed by atoms with van der Waals surface area (Å²) in [5, 5.41) is 4.16. The predicted molar refractivity (Wildman–Crippen MR) is 127 cm³/mol. The summed E-state index contributed by atoms with van der Waals surface area (Å²) in [5.41, 5.74) is 2.04. The van der Waals surface area contributed by atoms with E-state index in [2.05, 4.69) is 27.0 Å². The molecule has 0 fully saturated rings. The Labute approximate surface area is 193 Å². The first-order chi connectivity index (χ1) is 14.9. The quantitative estimate of drug-likeness (QED) is 0.449. The van der Waals surface area contributed by atoms with E-state index >= 15 is 0 Å². The van der Waals surface area contributed by atoms with Crippen LogP contribution in [0.1, 0.15) is 30.3 Å². The van der Waals surface area contributed by atoms with Gasteiger partial charge >= 0.3 is 6.03 Å². The highest BCUT2D eigenvalue weighted by Crippen LogP contribution is 2.34. The number of carbonyl (C=O) groups is 1. The molecule has 0 unspecified atom stereocenters. The molecule has 0 radical (unpaired) electrons. The number of halogens is 1. The zero-order valence-electron chi connectivity index (χ0n) is 18.7. The zero-order valence-corrected chi connectivity index (χ0v) is 20.2. The molecule has 0 aliphatic carbocycles. The molecule has 0 spiro atoms. The monoisotopic (exact) mass is 466 g/mol. The number of aromatic nitrogens is 2. The molecule has 1 N–H and O–H groups in total. The molecule has 0 bridgehead atoms. The van der Waals surface area contributed by atoms with Crippen molar-refractivity contribution in [1.29, 1.82) is 0 Å². The standard InChI is InChI=1S/C21H31ClN6O2S/c1-5-9-28(20(29)23-8-6-10-26(2)3)21-25-16-7-11-27(14-18(16)31-21)15-12-17(30-4)19(22)24-13-15/h12-13H,5-11,14H2,1-4H3,(H,23,29). The van der Waals surface area contributed by atoms with Gasteiger partial charge in [-0.3, -0.25) is 4.90 Å². The molecule has 8 nitrogen and oxygen atoms in total. The van der Waals surface area contributed by atoms with Crippen LogP contribution in [0, 0.1) is 0 Å². The molecule has 1 aliphatic rings. The maximum Gasteiger partial charge on any atom is 0.323 e. The second kappa shape index (κ2) is 11.0. The Kier molecular flexibility index (Phi) is 8.34. The molecule has 0 saturated carbocycles. The summed E-state index contributed by atoms with van der Waals surface area (Å²) in [7, 11) is 5.65. The van der Waals surface area contributed by atoms with E-state index in [0.29, 0.717) is 24.0 Å². The number of methoxy groups -OCH3 is 1. The van der Waals surface area contributed by atoms with Crippen molar-refractivity contribution in [1.82, 2.24) is 20.2 Å². The number of ether oxygens (including phenoxy) is 1. The Bertz CT molecular complexity index is 891. The van der Waals surface area contributed by atoms with Gasteiger partial charge in [0.25, 0.3) is 0 Å². The summed E-state index contributed by atoms with van der Waals surface area (Å²) in [6.45, 7) is 5.87. The normalized spacial score (nSPS) is 13.3. The van der Waals surface area contributed by atoms with Gasteiger partial charge in [0, 0.05) is 37.0 Å². The molecule has 31 heavy (non-hydrogen) atoms. The Morgan fingerprint density at radius 2 is 2.19 bits per heavy atom. The van der Waals surface area contributed by atoms with Crippen LogP contribution in [-0.4, -0.2) is 68.3 Å². The van der Waals surface area contributed by atoms with Crippen LogP contribution in [0.5, 0.6) is 5.75 Å². The Hall–Kier alpha value is -2.10. The van der Waals surface area contributed by atoms with Gasteiger partial charge in [-0.25, -0.2) is 14.8 Å². The van der Waals surface area contributed by atoms with E-state index in [1.807, 2.05) is 20.2 Å². The van der Waals surface area contributed by atoms with Crippen LogP contribution in [0.4, 0.5) is 15.6 Å². The second-order valence-electron chi connectivity index (χ2n) is 7.76. The molecule has 3 rings (SSSR count). The predicted octanol–water partition coefficient (Wildman–Crippen LogP) is 3.64. The molecule has 10 heteroatoms. The van der Waals surface area contributed by atoms with Crippen molar-refractivity contribution in [2.45, 2.75) is 32.7 Å². The number of fused-ring (bicyclic) bond motifs is 1. The number of urea groups is 1. The molecule has 0 saturated heterocycles. The first-order valence-corrected chi connectivity index (χ1v) is 11.8. The number of rotatable bonds is 9. The van der Waals surface area contributed by atoms with E-state index in [-0.39, 0.29) is 6.03 Å². The minimum atomic E-state index is -0.0739. The molecule has 1 aliphatic heterocycles. The van der Waals surface area contributed by atoms with Crippen LogP contribution >= 0.6 is 22.9 Å². The van der Waals surface area contributed by atoms with Crippen LogP contribution in [0.3, 0.4) is 0 Å². The van der Waals surface area contributed by atoms with Gasteiger partial charge in [0.2, 0.25) is 0 Å². The molecule has 0 aromatic carbocycles. The summed E-state index contributed by atoms with van der Waals surface area (Å²) >= 11 is 7.66. The SMILES string of the molecule is CCCN(C(=O)NCCCN(C)C)c1nc2c(s1)CN(c1cnc(Cl)c(OC)c1)CC2. The first-order valence-electron chi connectivity index (χ1n) is 10.6. The fourth-order valence-electron chi connectivity index (χ4n) is 3.45. The minimum absolute atomic E-state index is 0.0739. The van der Waals surface area contributed by atoms with Crippen molar-refractivity contribution in [3.8, 4) is 5.75 Å². The lowest BCUT2D eigenvalue weighted by Crippen LogP contribution is -2.41. The van der Waals surface area contributed by atoms with Crippen molar-refractivity contribution in [2.75, 3.05) is 57.2 Å². The van der Waals surface area contributed by atoms with Crippen LogP contribution in [-0.2, 0) is 13.0 Å². The first kappa shape index (κ1) is 23.6. The molecular formula is C21H31ClN6O2S. The van der Waals surface area contributed by atoms with Crippen molar-refractivity contribution >= 4 is 39.8 Å². The Balaban J connectivity index is 1.70. The average molecular weight is 467 g/mol. The number of pyridine rings is 1. The fraction of sp³-hybridized carbons (Fsp3) is 0.571. The fourth-order valence-corrected chi connectivity index (χ4v) is 4.77. The maximum atomic E-state index is 12.8. The molecular weight excluding hydrogens is 436 g/mol. The van der Waals surface area contributed by atoms with Gasteiger partial charge in [-0.2, -0.15) is 0 Å². The van der Waals surface area contributed by atoms with E-state index < -0.39 is 0 Å². The lowest BCUT2D eigenvalue weighted by molar-refractivity contribution is 0.245. The largest absolute Gasteiger partial charge is 0.493 e. The van der Waals surface area contributed by atoms with Crippen LogP contribution in [0.2, 0.25) is 5.15 Å². The molecule has 2 amide bonds. The Morgan fingerprint density at radius 3 is 2.90 bits per heavy atom. The zero-order chi connectivity index (χ0) is 22.4. The number of anilines is 2. The third kappa shape index (κ3) is 5.99. The van der Waals surface area contributed by atoms with E-state index in [4.69, 9.17) is 21.3 Å². The topological polar surface area (TPSA) is 73.8 Å².